The Morgan fingerprint density at radius 1 is 0.516 bits per heavy atom. The van der Waals surface area contributed by atoms with E-state index in [0.29, 0.717) is 0 Å². The summed E-state index contributed by atoms with van der Waals surface area (Å²) >= 11 is 0. The molecule has 0 amide bonds. The molecule has 2 nitrogen and oxygen atoms in total. The second-order valence-electron chi connectivity index (χ2n) is 7.90. The van der Waals surface area contributed by atoms with Crippen molar-refractivity contribution in [2.24, 2.45) is 0 Å². The summed E-state index contributed by atoms with van der Waals surface area (Å²) < 4.78 is 2.29. The highest BCUT2D eigenvalue weighted by atomic mass is 15.1. The number of hydrogen-bond donors (Lipinski definition) is 0. The highest BCUT2D eigenvalue weighted by Gasteiger charge is 2.22. The lowest BCUT2D eigenvalue weighted by atomic mass is 10.0. The van der Waals surface area contributed by atoms with E-state index >= 15 is 0 Å². The van der Waals surface area contributed by atoms with Crippen molar-refractivity contribution < 1.29 is 0 Å². The van der Waals surface area contributed by atoms with E-state index in [9.17, 15) is 0 Å². The summed E-state index contributed by atoms with van der Waals surface area (Å²) in [5.41, 5.74) is 9.04. The highest BCUT2D eigenvalue weighted by molar-refractivity contribution is 5.84. The van der Waals surface area contributed by atoms with Crippen molar-refractivity contribution in [3.63, 3.8) is 0 Å². The smallest absolute Gasteiger partial charge is 0.145 e. The van der Waals surface area contributed by atoms with E-state index in [0.717, 1.165) is 39.6 Å². The molecule has 150 valence electrons. The number of benzene rings is 4. The Kier molecular flexibility index (Phi) is 4.97. The van der Waals surface area contributed by atoms with Crippen LogP contribution in [0.2, 0.25) is 0 Å². The number of rotatable bonds is 4. The molecule has 0 N–H and O–H groups in total. The van der Waals surface area contributed by atoms with Gasteiger partial charge >= 0.3 is 0 Å². The van der Waals surface area contributed by atoms with Crippen molar-refractivity contribution in [2.75, 3.05) is 0 Å². The lowest BCUT2D eigenvalue weighted by Gasteiger charge is -2.14. The quantitative estimate of drug-likeness (QED) is 0.305. The first-order valence-electron chi connectivity index (χ1n) is 10.6. The van der Waals surface area contributed by atoms with Gasteiger partial charge in [0.1, 0.15) is 5.82 Å². The van der Waals surface area contributed by atoms with Gasteiger partial charge in [0.05, 0.1) is 11.4 Å². The van der Waals surface area contributed by atoms with Gasteiger partial charge in [-0.1, -0.05) is 108 Å². The average Bonchev–Trinajstić information content (AvgIpc) is 3.22. The molecule has 0 saturated heterocycles. The molecule has 0 aliphatic carbocycles. The predicted octanol–water partition coefficient (Wildman–Crippen LogP) is 7.49. The fraction of sp³-hybridized carbons (Fsp3) is 0.0690. The van der Waals surface area contributed by atoms with Crippen LogP contribution in [-0.2, 0) is 0 Å². The Morgan fingerprint density at radius 2 is 1.03 bits per heavy atom. The summed E-state index contributed by atoms with van der Waals surface area (Å²) in [7, 11) is 0. The van der Waals surface area contributed by atoms with Gasteiger partial charge in [-0.3, -0.25) is 4.57 Å². The first-order valence-corrected chi connectivity index (χ1v) is 10.6. The molecule has 0 aliphatic rings. The van der Waals surface area contributed by atoms with Gasteiger partial charge in [-0.25, -0.2) is 4.98 Å². The fourth-order valence-electron chi connectivity index (χ4n) is 3.92. The molecule has 4 aromatic carbocycles. The van der Waals surface area contributed by atoms with Crippen molar-refractivity contribution in [2.45, 2.75) is 13.8 Å². The SMILES string of the molecule is Cc1ccc(-c2nc(-c3ccccc3)c(-c3ccccc3)n2-c2ccc(C)cc2)cc1. The van der Waals surface area contributed by atoms with E-state index in [2.05, 4.69) is 122 Å². The lowest BCUT2D eigenvalue weighted by molar-refractivity contribution is 1.07. The zero-order valence-electron chi connectivity index (χ0n) is 17.8. The van der Waals surface area contributed by atoms with Crippen LogP contribution in [0.4, 0.5) is 0 Å². The monoisotopic (exact) mass is 400 g/mol. The van der Waals surface area contributed by atoms with E-state index in [1.165, 1.54) is 11.1 Å². The fourth-order valence-corrected chi connectivity index (χ4v) is 3.92. The molecule has 0 spiro atoms. The molecular weight excluding hydrogens is 376 g/mol. The summed E-state index contributed by atoms with van der Waals surface area (Å²) in [4.78, 5) is 5.22. The Bertz CT molecular complexity index is 1300. The van der Waals surface area contributed by atoms with Crippen LogP contribution in [0, 0.1) is 13.8 Å². The average molecular weight is 401 g/mol. The number of nitrogens with zero attached hydrogens (tertiary/aromatic N) is 2. The lowest BCUT2D eigenvalue weighted by Crippen LogP contribution is -2.00. The van der Waals surface area contributed by atoms with Crippen LogP contribution in [0.15, 0.2) is 109 Å². The van der Waals surface area contributed by atoms with Gasteiger partial charge in [0.2, 0.25) is 0 Å². The molecule has 31 heavy (non-hydrogen) atoms. The second-order valence-corrected chi connectivity index (χ2v) is 7.90. The maximum Gasteiger partial charge on any atom is 0.145 e. The van der Waals surface area contributed by atoms with Crippen LogP contribution < -0.4 is 0 Å². The van der Waals surface area contributed by atoms with E-state index in [4.69, 9.17) is 4.98 Å². The largest absolute Gasteiger partial charge is 0.292 e. The van der Waals surface area contributed by atoms with Gasteiger partial charge in [-0.2, -0.15) is 0 Å². The van der Waals surface area contributed by atoms with Crippen molar-refractivity contribution in [1.29, 1.82) is 0 Å². The van der Waals surface area contributed by atoms with E-state index < -0.39 is 0 Å². The molecule has 2 heteroatoms. The van der Waals surface area contributed by atoms with Crippen LogP contribution >= 0.6 is 0 Å². The highest BCUT2D eigenvalue weighted by Crippen LogP contribution is 2.38. The summed E-state index contributed by atoms with van der Waals surface area (Å²) in [6.07, 6.45) is 0. The third-order valence-electron chi connectivity index (χ3n) is 5.57. The van der Waals surface area contributed by atoms with Crippen LogP contribution in [0.25, 0.3) is 39.6 Å². The van der Waals surface area contributed by atoms with Gasteiger partial charge in [-0.15, -0.1) is 0 Å². The summed E-state index contributed by atoms with van der Waals surface area (Å²) in [6, 6.07) is 38.3. The maximum atomic E-state index is 5.22. The summed E-state index contributed by atoms with van der Waals surface area (Å²) in [6.45, 7) is 4.23. The van der Waals surface area contributed by atoms with E-state index in [1.54, 1.807) is 0 Å². The Morgan fingerprint density at radius 3 is 1.61 bits per heavy atom. The molecule has 0 bridgehead atoms. The Hall–Kier alpha value is -3.91. The molecule has 0 saturated carbocycles. The summed E-state index contributed by atoms with van der Waals surface area (Å²) in [5.74, 6) is 0.946. The first kappa shape index (κ1) is 19.1. The zero-order chi connectivity index (χ0) is 21.2. The van der Waals surface area contributed by atoms with Crippen molar-refractivity contribution in [3.8, 4) is 39.6 Å². The van der Waals surface area contributed by atoms with Crippen LogP contribution in [0.3, 0.4) is 0 Å². The minimum Gasteiger partial charge on any atom is -0.292 e. The number of imidazole rings is 1. The molecule has 5 rings (SSSR count). The van der Waals surface area contributed by atoms with Crippen molar-refractivity contribution >= 4 is 0 Å². The summed E-state index contributed by atoms with van der Waals surface area (Å²) in [5, 5.41) is 0. The minimum atomic E-state index is 0.946. The molecule has 5 aromatic rings. The molecule has 0 atom stereocenters. The van der Waals surface area contributed by atoms with Crippen LogP contribution in [0.1, 0.15) is 11.1 Å². The Balaban J connectivity index is 1.87. The third kappa shape index (κ3) is 3.69. The predicted molar refractivity (Wildman–Crippen MR) is 129 cm³/mol. The third-order valence-corrected chi connectivity index (χ3v) is 5.57. The molecular formula is C29H24N2. The topological polar surface area (TPSA) is 17.8 Å². The van der Waals surface area contributed by atoms with Crippen molar-refractivity contribution in [3.05, 3.63) is 120 Å². The molecule has 1 heterocycles. The van der Waals surface area contributed by atoms with Crippen LogP contribution in [-0.4, -0.2) is 9.55 Å². The maximum absolute atomic E-state index is 5.22. The van der Waals surface area contributed by atoms with E-state index in [-0.39, 0.29) is 0 Å². The van der Waals surface area contributed by atoms with E-state index in [1.807, 2.05) is 6.07 Å². The van der Waals surface area contributed by atoms with Gasteiger partial charge < -0.3 is 0 Å². The number of aromatic nitrogens is 2. The first-order chi connectivity index (χ1) is 15.2. The van der Waals surface area contributed by atoms with Crippen LogP contribution in [0.5, 0.6) is 0 Å². The molecule has 0 unspecified atom stereocenters. The van der Waals surface area contributed by atoms with Gasteiger partial charge in [0.25, 0.3) is 0 Å². The molecule has 0 radical (unpaired) electrons. The number of hydrogen-bond acceptors (Lipinski definition) is 1. The second kappa shape index (κ2) is 8.08. The molecule has 0 fully saturated rings. The minimum absolute atomic E-state index is 0.946. The zero-order valence-corrected chi connectivity index (χ0v) is 17.8. The normalized spacial score (nSPS) is 10.9. The molecule has 0 aliphatic heterocycles. The molecule has 1 aromatic heterocycles. The Labute approximate surface area is 183 Å². The standard InChI is InChI=1S/C29H24N2/c1-21-13-17-25(18-14-21)29-30-27(23-9-5-3-6-10-23)28(24-11-7-4-8-12-24)31(29)26-19-15-22(2)16-20-26/h3-20H,1-2H3. The van der Waals surface area contributed by atoms with Crippen molar-refractivity contribution in [1.82, 2.24) is 9.55 Å². The van der Waals surface area contributed by atoms with Gasteiger partial charge in [0.15, 0.2) is 0 Å². The number of aryl methyl sites for hydroxylation is 2. The van der Waals surface area contributed by atoms with Gasteiger partial charge in [-0.05, 0) is 26.0 Å². The van der Waals surface area contributed by atoms with Gasteiger partial charge in [0, 0.05) is 22.4 Å².